The summed E-state index contributed by atoms with van der Waals surface area (Å²) in [6.07, 6.45) is 3.66. The number of nitro groups is 1. The van der Waals surface area contributed by atoms with Crippen LogP contribution in [0.5, 0.6) is 5.75 Å². The van der Waals surface area contributed by atoms with Crippen molar-refractivity contribution in [2.45, 2.75) is 19.8 Å². The molecule has 0 amide bonds. The summed E-state index contributed by atoms with van der Waals surface area (Å²) in [6.45, 7) is 2.78. The molecule has 9 nitrogen and oxygen atoms in total. The fourth-order valence-corrected chi connectivity index (χ4v) is 4.42. The SMILES string of the molecule is CCCCOc1ccc(-c2nc3sc(=Cc4ccc(-c5ccccc5[N+](=O)[O-])o4)c(=O)n3n2)cc1. The largest absolute Gasteiger partial charge is 0.494 e. The Morgan fingerprint density at radius 3 is 2.69 bits per heavy atom. The Labute approximate surface area is 203 Å². The van der Waals surface area contributed by atoms with Gasteiger partial charge in [-0.25, -0.2) is 0 Å². The maximum Gasteiger partial charge on any atom is 0.291 e. The number of para-hydroxylation sites is 1. The Kier molecular flexibility index (Phi) is 6.11. The van der Waals surface area contributed by atoms with Crippen molar-refractivity contribution in [2.75, 3.05) is 6.61 Å². The summed E-state index contributed by atoms with van der Waals surface area (Å²) in [5.41, 5.74) is 0.791. The van der Waals surface area contributed by atoms with Gasteiger partial charge in [-0.3, -0.25) is 14.9 Å². The van der Waals surface area contributed by atoms with E-state index in [9.17, 15) is 14.9 Å². The van der Waals surface area contributed by atoms with E-state index in [4.69, 9.17) is 9.15 Å². The number of fused-ring (bicyclic) bond motifs is 1. The van der Waals surface area contributed by atoms with Crippen LogP contribution in [0, 0.1) is 10.1 Å². The predicted molar refractivity (Wildman–Crippen MR) is 133 cm³/mol. The number of nitrogens with zero attached hydrogens (tertiary/aromatic N) is 4. The molecule has 0 fully saturated rings. The molecule has 2 aromatic carbocycles. The molecule has 0 atom stereocenters. The number of unbranched alkanes of at least 4 members (excludes halogenated alkanes) is 1. The van der Waals surface area contributed by atoms with Crippen LogP contribution in [0.3, 0.4) is 0 Å². The summed E-state index contributed by atoms with van der Waals surface area (Å²) >= 11 is 1.19. The van der Waals surface area contributed by atoms with Crippen LogP contribution in [0.2, 0.25) is 0 Å². The topological polar surface area (TPSA) is 113 Å². The Balaban J connectivity index is 1.41. The highest BCUT2D eigenvalue weighted by molar-refractivity contribution is 7.15. The van der Waals surface area contributed by atoms with Gasteiger partial charge in [0.15, 0.2) is 5.82 Å². The van der Waals surface area contributed by atoms with Crippen molar-refractivity contribution < 1.29 is 14.1 Å². The first-order chi connectivity index (χ1) is 17.0. The monoisotopic (exact) mass is 488 g/mol. The lowest BCUT2D eigenvalue weighted by atomic mass is 10.1. The Morgan fingerprint density at radius 1 is 1.14 bits per heavy atom. The van der Waals surface area contributed by atoms with Crippen LogP contribution in [0.25, 0.3) is 33.7 Å². The molecular weight excluding hydrogens is 468 g/mol. The molecule has 0 radical (unpaired) electrons. The third-order valence-electron chi connectivity index (χ3n) is 5.33. The fourth-order valence-electron chi connectivity index (χ4n) is 3.54. The molecule has 0 bridgehead atoms. The minimum Gasteiger partial charge on any atom is -0.494 e. The quantitative estimate of drug-likeness (QED) is 0.177. The number of aromatic nitrogens is 3. The Hall–Kier alpha value is -4.31. The first-order valence-electron chi connectivity index (χ1n) is 11.0. The molecule has 5 rings (SSSR count). The number of thiazole rings is 1. The molecule has 0 N–H and O–H groups in total. The zero-order chi connectivity index (χ0) is 24.4. The van der Waals surface area contributed by atoms with Crippen molar-refractivity contribution in [3.05, 3.63) is 91.4 Å². The second kappa shape index (κ2) is 9.51. The second-order valence-corrected chi connectivity index (χ2v) is 8.76. The number of benzene rings is 2. The van der Waals surface area contributed by atoms with E-state index >= 15 is 0 Å². The summed E-state index contributed by atoms with van der Waals surface area (Å²) < 4.78 is 13.1. The summed E-state index contributed by atoms with van der Waals surface area (Å²) in [7, 11) is 0. The number of ether oxygens (including phenoxy) is 1. The van der Waals surface area contributed by atoms with E-state index in [-0.39, 0.29) is 11.2 Å². The fraction of sp³-hybridized carbons (Fsp3) is 0.160. The van der Waals surface area contributed by atoms with E-state index in [1.54, 1.807) is 36.4 Å². The Morgan fingerprint density at radius 2 is 1.94 bits per heavy atom. The molecule has 0 saturated carbocycles. The van der Waals surface area contributed by atoms with E-state index in [0.717, 1.165) is 24.2 Å². The molecular formula is C25H20N4O5S. The molecule has 0 aliphatic heterocycles. The molecule has 3 aromatic heterocycles. The zero-order valence-electron chi connectivity index (χ0n) is 18.7. The van der Waals surface area contributed by atoms with Crippen LogP contribution in [0.1, 0.15) is 25.5 Å². The predicted octanol–water partition coefficient (Wildman–Crippen LogP) is 4.71. The van der Waals surface area contributed by atoms with Gasteiger partial charge in [-0.15, -0.1) is 5.10 Å². The third-order valence-corrected chi connectivity index (χ3v) is 6.29. The van der Waals surface area contributed by atoms with Gasteiger partial charge < -0.3 is 9.15 Å². The van der Waals surface area contributed by atoms with E-state index in [0.29, 0.717) is 39.0 Å². The van der Waals surface area contributed by atoms with Gasteiger partial charge in [0.2, 0.25) is 4.96 Å². The van der Waals surface area contributed by atoms with Gasteiger partial charge in [-0.05, 0) is 48.9 Å². The number of nitro benzene ring substituents is 1. The number of hydrogen-bond acceptors (Lipinski definition) is 8. The van der Waals surface area contributed by atoms with Crippen molar-refractivity contribution in [3.63, 3.8) is 0 Å². The zero-order valence-corrected chi connectivity index (χ0v) is 19.5. The lowest BCUT2D eigenvalue weighted by molar-refractivity contribution is -0.384. The average molecular weight is 489 g/mol. The van der Waals surface area contributed by atoms with Crippen LogP contribution < -0.4 is 14.8 Å². The molecule has 0 aliphatic carbocycles. The van der Waals surface area contributed by atoms with Gasteiger partial charge in [-0.1, -0.05) is 36.8 Å². The molecule has 5 aromatic rings. The summed E-state index contributed by atoms with van der Waals surface area (Å²) in [4.78, 5) is 28.7. The van der Waals surface area contributed by atoms with E-state index in [2.05, 4.69) is 17.0 Å². The molecule has 0 saturated heterocycles. The first-order valence-corrected chi connectivity index (χ1v) is 11.8. The second-order valence-electron chi connectivity index (χ2n) is 7.75. The minimum absolute atomic E-state index is 0.0511. The summed E-state index contributed by atoms with van der Waals surface area (Å²) in [5, 5.41) is 15.7. The number of hydrogen-bond donors (Lipinski definition) is 0. The molecule has 10 heteroatoms. The van der Waals surface area contributed by atoms with Gasteiger partial charge >= 0.3 is 0 Å². The van der Waals surface area contributed by atoms with Crippen molar-refractivity contribution in [2.24, 2.45) is 0 Å². The van der Waals surface area contributed by atoms with Crippen LogP contribution in [0.4, 0.5) is 5.69 Å². The first kappa shape index (κ1) is 22.5. The third kappa shape index (κ3) is 4.56. The number of rotatable bonds is 8. The molecule has 176 valence electrons. The lowest BCUT2D eigenvalue weighted by Crippen LogP contribution is -2.23. The van der Waals surface area contributed by atoms with E-state index in [1.807, 2.05) is 24.3 Å². The highest BCUT2D eigenvalue weighted by atomic mass is 32.1. The van der Waals surface area contributed by atoms with E-state index in [1.165, 1.54) is 21.9 Å². The Bertz CT molecular complexity index is 1620. The molecule has 35 heavy (non-hydrogen) atoms. The maximum absolute atomic E-state index is 12.9. The highest BCUT2D eigenvalue weighted by Gasteiger charge is 2.17. The maximum atomic E-state index is 12.9. The molecule has 0 unspecified atom stereocenters. The van der Waals surface area contributed by atoms with Crippen LogP contribution in [-0.4, -0.2) is 26.1 Å². The van der Waals surface area contributed by atoms with Crippen molar-refractivity contribution in [3.8, 4) is 28.5 Å². The van der Waals surface area contributed by atoms with Gasteiger partial charge in [-0.2, -0.15) is 9.50 Å². The van der Waals surface area contributed by atoms with Crippen molar-refractivity contribution in [1.29, 1.82) is 0 Å². The lowest BCUT2D eigenvalue weighted by Gasteiger charge is -2.05. The van der Waals surface area contributed by atoms with Crippen LogP contribution >= 0.6 is 11.3 Å². The standard InChI is InChI=1S/C25H20N4O5S/c1-2-3-14-33-17-10-8-16(9-11-17)23-26-25-28(27-23)24(30)22(35-25)15-18-12-13-21(34-18)19-6-4-5-7-20(19)29(31)32/h4-13,15H,2-3,14H2,1H3. The highest BCUT2D eigenvalue weighted by Crippen LogP contribution is 2.31. The van der Waals surface area contributed by atoms with Crippen LogP contribution in [-0.2, 0) is 0 Å². The van der Waals surface area contributed by atoms with Crippen LogP contribution in [0.15, 0.2) is 69.9 Å². The summed E-state index contributed by atoms with van der Waals surface area (Å²) in [6, 6.07) is 17.1. The average Bonchev–Trinajstić information content (AvgIpc) is 3.57. The summed E-state index contributed by atoms with van der Waals surface area (Å²) in [5.74, 6) is 1.98. The van der Waals surface area contributed by atoms with Crippen molar-refractivity contribution >= 4 is 28.1 Å². The van der Waals surface area contributed by atoms with Gasteiger partial charge in [0.1, 0.15) is 21.8 Å². The van der Waals surface area contributed by atoms with Crippen molar-refractivity contribution in [1.82, 2.24) is 14.6 Å². The van der Waals surface area contributed by atoms with Gasteiger partial charge in [0, 0.05) is 17.7 Å². The minimum atomic E-state index is -0.457. The molecule has 0 spiro atoms. The smallest absolute Gasteiger partial charge is 0.291 e. The molecule has 3 heterocycles. The molecule has 0 aliphatic rings. The van der Waals surface area contributed by atoms with Gasteiger partial charge in [0.05, 0.1) is 17.1 Å². The normalized spacial score (nSPS) is 11.9. The van der Waals surface area contributed by atoms with Gasteiger partial charge in [0.25, 0.3) is 11.2 Å². The van der Waals surface area contributed by atoms with E-state index < -0.39 is 4.92 Å². The number of furan rings is 1.